The molecule has 0 spiro atoms. The molecule has 0 aliphatic carbocycles. The number of fused-ring (bicyclic) bond motifs is 2. The maximum absolute atomic E-state index is 12.3. The summed E-state index contributed by atoms with van der Waals surface area (Å²) in [4.78, 5) is 24.5. The summed E-state index contributed by atoms with van der Waals surface area (Å²) in [6.07, 6.45) is 0. The van der Waals surface area contributed by atoms with E-state index in [0.29, 0.717) is 23.5 Å². The lowest BCUT2D eigenvalue weighted by Gasteiger charge is -2.00. The Kier molecular flexibility index (Phi) is 5.86. The molecule has 0 saturated carbocycles. The number of H-pyrrole nitrogens is 1. The van der Waals surface area contributed by atoms with Crippen LogP contribution < -0.4 is 14.8 Å². The van der Waals surface area contributed by atoms with Crippen molar-refractivity contribution in [2.24, 2.45) is 0 Å². The van der Waals surface area contributed by atoms with Crippen molar-refractivity contribution >= 4 is 55.4 Å². The molecule has 150 valence electrons. The maximum Gasteiger partial charge on any atom is 0.236 e. The number of hydrogen-bond donors (Lipinski definition) is 2. The Labute approximate surface area is 175 Å². The lowest BCUT2D eigenvalue weighted by Crippen LogP contribution is -2.13. The van der Waals surface area contributed by atoms with E-state index < -0.39 is 0 Å². The Bertz CT molecular complexity index is 1160. The van der Waals surface area contributed by atoms with E-state index in [1.165, 1.54) is 23.1 Å². The van der Waals surface area contributed by atoms with E-state index >= 15 is 0 Å². The summed E-state index contributed by atoms with van der Waals surface area (Å²) in [7, 11) is 0. The van der Waals surface area contributed by atoms with Gasteiger partial charge < -0.3 is 19.8 Å². The zero-order valence-electron chi connectivity index (χ0n) is 16.0. The predicted octanol–water partition coefficient (Wildman–Crippen LogP) is 4.70. The van der Waals surface area contributed by atoms with Gasteiger partial charge in [0.1, 0.15) is 11.5 Å². The first-order chi connectivity index (χ1) is 14.1. The van der Waals surface area contributed by atoms with Crippen molar-refractivity contribution in [3.8, 4) is 11.5 Å². The number of hydrogen-bond acceptors (Lipinski definition) is 7. The summed E-state index contributed by atoms with van der Waals surface area (Å²) in [6.45, 7) is 5.11. The number of thiazole rings is 1. The van der Waals surface area contributed by atoms with E-state index in [1.807, 2.05) is 50.2 Å². The fraction of sp³-hybridized carbons (Fsp3) is 0.250. The molecule has 0 unspecified atom stereocenters. The first-order valence-electron chi connectivity index (χ1n) is 9.23. The predicted molar refractivity (Wildman–Crippen MR) is 117 cm³/mol. The van der Waals surface area contributed by atoms with Gasteiger partial charge in [-0.15, -0.1) is 0 Å². The van der Waals surface area contributed by atoms with Gasteiger partial charge in [-0.3, -0.25) is 4.79 Å². The van der Waals surface area contributed by atoms with E-state index in [-0.39, 0.29) is 11.7 Å². The Hall–Kier alpha value is -2.78. The van der Waals surface area contributed by atoms with Crippen LogP contribution in [0, 0.1) is 0 Å². The average molecular weight is 429 g/mol. The van der Waals surface area contributed by atoms with Crippen molar-refractivity contribution in [2.45, 2.75) is 19.0 Å². The summed E-state index contributed by atoms with van der Waals surface area (Å²) in [5.74, 6) is 1.70. The Morgan fingerprint density at radius 3 is 2.55 bits per heavy atom. The molecule has 0 saturated heterocycles. The van der Waals surface area contributed by atoms with Crippen LogP contribution in [0.1, 0.15) is 13.8 Å². The molecule has 0 fully saturated rings. The molecule has 2 N–H and O–H groups in total. The SMILES string of the molecule is CCOc1ccc2nc(SCC(=O)Nc3nc4ccc(OCC)cc4s3)[nH]c2c1. The van der Waals surface area contributed by atoms with Crippen molar-refractivity contribution in [2.75, 3.05) is 24.3 Å². The average Bonchev–Trinajstić information content (AvgIpc) is 3.29. The second-order valence-electron chi connectivity index (χ2n) is 6.07. The number of benzene rings is 2. The minimum Gasteiger partial charge on any atom is -0.494 e. The van der Waals surface area contributed by atoms with Gasteiger partial charge >= 0.3 is 0 Å². The van der Waals surface area contributed by atoms with E-state index in [4.69, 9.17) is 9.47 Å². The molecule has 0 atom stereocenters. The fourth-order valence-electron chi connectivity index (χ4n) is 2.79. The molecular formula is C20H20N4O3S2. The first kappa shape index (κ1) is 19.5. The number of carbonyl (C=O) groups excluding carboxylic acids is 1. The maximum atomic E-state index is 12.3. The number of amides is 1. The van der Waals surface area contributed by atoms with Gasteiger partial charge in [0.15, 0.2) is 10.3 Å². The van der Waals surface area contributed by atoms with Crippen LogP contribution in [0.15, 0.2) is 41.6 Å². The van der Waals surface area contributed by atoms with E-state index in [1.54, 1.807) is 0 Å². The zero-order valence-corrected chi connectivity index (χ0v) is 17.7. The number of aromatic nitrogens is 3. The number of aromatic amines is 1. The van der Waals surface area contributed by atoms with Gasteiger partial charge in [-0.05, 0) is 44.2 Å². The molecule has 4 rings (SSSR count). The smallest absolute Gasteiger partial charge is 0.236 e. The second-order valence-corrected chi connectivity index (χ2v) is 8.07. The topological polar surface area (TPSA) is 89.1 Å². The normalized spacial score (nSPS) is 11.1. The number of thioether (sulfide) groups is 1. The van der Waals surface area contributed by atoms with Gasteiger partial charge in [0.05, 0.1) is 40.2 Å². The highest BCUT2D eigenvalue weighted by Gasteiger charge is 2.11. The van der Waals surface area contributed by atoms with Crippen molar-refractivity contribution in [3.05, 3.63) is 36.4 Å². The van der Waals surface area contributed by atoms with Crippen molar-refractivity contribution < 1.29 is 14.3 Å². The first-order valence-corrected chi connectivity index (χ1v) is 11.0. The van der Waals surface area contributed by atoms with Crippen LogP contribution >= 0.6 is 23.1 Å². The second kappa shape index (κ2) is 8.71. The Morgan fingerprint density at radius 1 is 1.07 bits per heavy atom. The molecule has 29 heavy (non-hydrogen) atoms. The highest BCUT2D eigenvalue weighted by atomic mass is 32.2. The summed E-state index contributed by atoms with van der Waals surface area (Å²) in [6, 6.07) is 11.4. The summed E-state index contributed by atoms with van der Waals surface area (Å²) in [5, 5.41) is 4.12. The van der Waals surface area contributed by atoms with Crippen molar-refractivity contribution in [3.63, 3.8) is 0 Å². The lowest BCUT2D eigenvalue weighted by atomic mass is 10.3. The molecule has 9 heteroatoms. The van der Waals surface area contributed by atoms with Gasteiger partial charge in [0, 0.05) is 6.07 Å². The van der Waals surface area contributed by atoms with E-state index in [0.717, 1.165) is 32.7 Å². The summed E-state index contributed by atoms with van der Waals surface area (Å²) >= 11 is 2.77. The number of imidazole rings is 1. The van der Waals surface area contributed by atoms with Gasteiger partial charge in [0.25, 0.3) is 0 Å². The third-order valence-electron chi connectivity index (χ3n) is 4.00. The fourth-order valence-corrected chi connectivity index (χ4v) is 4.39. The standard InChI is InChI=1S/C20H20N4O3S2/c1-3-26-12-5-7-14-16(9-12)23-19(21-14)28-11-18(25)24-20-22-15-8-6-13(27-4-2)10-17(15)29-20/h5-10H,3-4,11H2,1-2H3,(H,21,23)(H,22,24,25). The largest absolute Gasteiger partial charge is 0.494 e. The van der Waals surface area contributed by atoms with E-state index in [2.05, 4.69) is 20.3 Å². The quantitative estimate of drug-likeness (QED) is 0.396. The highest BCUT2D eigenvalue weighted by Crippen LogP contribution is 2.29. The van der Waals surface area contributed by atoms with E-state index in [9.17, 15) is 4.79 Å². The molecule has 7 nitrogen and oxygen atoms in total. The van der Waals surface area contributed by atoms with Crippen LogP contribution in [0.25, 0.3) is 21.3 Å². The molecule has 2 aromatic heterocycles. The van der Waals surface area contributed by atoms with Gasteiger partial charge in [0.2, 0.25) is 5.91 Å². The van der Waals surface area contributed by atoms with Crippen molar-refractivity contribution in [1.82, 2.24) is 15.0 Å². The summed E-state index contributed by atoms with van der Waals surface area (Å²) in [5.41, 5.74) is 2.56. The van der Waals surface area contributed by atoms with Crippen LogP contribution in [-0.2, 0) is 4.79 Å². The summed E-state index contributed by atoms with van der Waals surface area (Å²) < 4.78 is 12.0. The highest BCUT2D eigenvalue weighted by molar-refractivity contribution is 7.99. The van der Waals surface area contributed by atoms with Crippen LogP contribution in [-0.4, -0.2) is 39.8 Å². The Balaban J connectivity index is 1.38. The lowest BCUT2D eigenvalue weighted by molar-refractivity contribution is -0.113. The number of nitrogens with zero attached hydrogens (tertiary/aromatic N) is 2. The molecule has 1 amide bonds. The molecule has 0 radical (unpaired) electrons. The third kappa shape index (κ3) is 4.63. The number of carbonyl (C=O) groups is 1. The minimum atomic E-state index is -0.130. The number of anilines is 1. The third-order valence-corrected chi connectivity index (χ3v) is 5.81. The van der Waals surface area contributed by atoms with Gasteiger partial charge in [-0.25, -0.2) is 9.97 Å². The number of rotatable bonds is 8. The molecule has 2 aromatic carbocycles. The molecule has 2 heterocycles. The molecule has 0 aliphatic rings. The molecule has 4 aromatic rings. The Morgan fingerprint density at radius 2 is 1.79 bits per heavy atom. The van der Waals surface area contributed by atoms with Crippen LogP contribution in [0.2, 0.25) is 0 Å². The van der Waals surface area contributed by atoms with Crippen molar-refractivity contribution in [1.29, 1.82) is 0 Å². The molecular weight excluding hydrogens is 408 g/mol. The van der Waals surface area contributed by atoms with Crippen LogP contribution in [0.4, 0.5) is 5.13 Å². The van der Waals surface area contributed by atoms with Crippen LogP contribution in [0.3, 0.4) is 0 Å². The number of nitrogens with one attached hydrogen (secondary N) is 2. The molecule has 0 aliphatic heterocycles. The minimum absolute atomic E-state index is 0.130. The zero-order chi connectivity index (χ0) is 20.2. The monoisotopic (exact) mass is 428 g/mol. The van der Waals surface area contributed by atoms with Crippen LogP contribution in [0.5, 0.6) is 11.5 Å². The molecule has 0 bridgehead atoms. The van der Waals surface area contributed by atoms with Gasteiger partial charge in [-0.1, -0.05) is 23.1 Å². The van der Waals surface area contributed by atoms with Gasteiger partial charge in [-0.2, -0.15) is 0 Å². The number of ether oxygens (including phenoxy) is 2.